The molecule has 20 heavy (non-hydrogen) atoms. The molecule has 0 aliphatic carbocycles. The molecule has 0 saturated heterocycles. The molecule has 1 aromatic heterocycles. The van der Waals surface area contributed by atoms with Crippen LogP contribution in [-0.2, 0) is 4.79 Å². The predicted octanol–water partition coefficient (Wildman–Crippen LogP) is 2.10. The first-order valence-electron chi connectivity index (χ1n) is 6.22. The van der Waals surface area contributed by atoms with Gasteiger partial charge in [-0.15, -0.1) is 0 Å². The lowest BCUT2D eigenvalue weighted by molar-refractivity contribution is -0.139. The number of amides is 1. The molecule has 1 amide bonds. The molecule has 1 aromatic carbocycles. The van der Waals surface area contributed by atoms with Crippen molar-refractivity contribution >= 4 is 34.5 Å². The quantitative estimate of drug-likeness (QED) is 0.761. The Balaban J connectivity index is 2.18. The SMILES string of the molecule is CSCCC(NC(=O)c1cccc2cc[nH]c12)C(=O)O. The van der Waals surface area contributed by atoms with Crippen molar-refractivity contribution in [2.24, 2.45) is 0 Å². The summed E-state index contributed by atoms with van der Waals surface area (Å²) in [5.41, 5.74) is 1.18. The number of aromatic nitrogens is 1. The summed E-state index contributed by atoms with van der Waals surface area (Å²) in [6, 6.07) is 6.37. The molecule has 1 unspecified atom stereocenters. The lowest BCUT2D eigenvalue weighted by atomic mass is 10.1. The van der Waals surface area contributed by atoms with Crippen LogP contribution in [0.3, 0.4) is 0 Å². The number of H-pyrrole nitrogens is 1. The third-order valence-corrected chi connectivity index (χ3v) is 3.69. The summed E-state index contributed by atoms with van der Waals surface area (Å²) in [6.45, 7) is 0. The third-order valence-electron chi connectivity index (χ3n) is 3.05. The number of rotatable bonds is 6. The number of fused-ring (bicyclic) bond motifs is 1. The second-order valence-corrected chi connectivity index (χ2v) is 5.38. The lowest BCUT2D eigenvalue weighted by Gasteiger charge is -2.14. The van der Waals surface area contributed by atoms with Crippen LogP contribution in [0.2, 0.25) is 0 Å². The molecule has 1 heterocycles. The second-order valence-electron chi connectivity index (χ2n) is 4.39. The van der Waals surface area contributed by atoms with Gasteiger partial charge in [0.2, 0.25) is 0 Å². The van der Waals surface area contributed by atoms with Crippen LogP contribution in [0.15, 0.2) is 30.5 Å². The Morgan fingerprint density at radius 1 is 1.40 bits per heavy atom. The smallest absolute Gasteiger partial charge is 0.326 e. The molecule has 0 fully saturated rings. The number of carbonyl (C=O) groups excluding carboxylic acids is 1. The first-order valence-corrected chi connectivity index (χ1v) is 7.61. The highest BCUT2D eigenvalue weighted by Crippen LogP contribution is 2.17. The molecule has 2 rings (SSSR count). The number of hydrogen-bond donors (Lipinski definition) is 3. The minimum absolute atomic E-state index is 0.369. The van der Waals surface area contributed by atoms with E-state index in [2.05, 4.69) is 10.3 Å². The minimum Gasteiger partial charge on any atom is -0.480 e. The molecular formula is C14H16N2O3S. The van der Waals surface area contributed by atoms with E-state index in [0.29, 0.717) is 17.7 Å². The van der Waals surface area contributed by atoms with E-state index >= 15 is 0 Å². The number of thioether (sulfide) groups is 1. The van der Waals surface area contributed by atoms with Crippen molar-refractivity contribution in [2.75, 3.05) is 12.0 Å². The van der Waals surface area contributed by atoms with Crippen molar-refractivity contribution in [3.63, 3.8) is 0 Å². The van der Waals surface area contributed by atoms with Crippen molar-refractivity contribution < 1.29 is 14.7 Å². The number of carboxylic acids is 1. The Bertz CT molecular complexity index is 624. The van der Waals surface area contributed by atoms with E-state index in [1.807, 2.05) is 18.4 Å². The Morgan fingerprint density at radius 2 is 2.20 bits per heavy atom. The summed E-state index contributed by atoms with van der Waals surface area (Å²) in [4.78, 5) is 26.4. The van der Waals surface area contributed by atoms with Gasteiger partial charge in [-0.3, -0.25) is 4.79 Å². The number of aromatic amines is 1. The van der Waals surface area contributed by atoms with Gasteiger partial charge in [0.05, 0.1) is 11.1 Å². The summed E-state index contributed by atoms with van der Waals surface area (Å²) in [5, 5.41) is 12.6. The molecule has 0 saturated carbocycles. The Morgan fingerprint density at radius 3 is 2.90 bits per heavy atom. The highest BCUT2D eigenvalue weighted by atomic mass is 32.2. The van der Waals surface area contributed by atoms with E-state index in [9.17, 15) is 9.59 Å². The lowest BCUT2D eigenvalue weighted by Crippen LogP contribution is -2.41. The standard InChI is InChI=1S/C14H16N2O3S/c1-20-8-6-11(14(18)19)16-13(17)10-4-2-3-9-5-7-15-12(9)10/h2-5,7,11,15H,6,8H2,1H3,(H,16,17)(H,18,19). The fourth-order valence-corrected chi connectivity index (χ4v) is 2.47. The van der Waals surface area contributed by atoms with Crippen LogP contribution in [0.4, 0.5) is 0 Å². The molecule has 0 bridgehead atoms. The molecule has 6 heteroatoms. The maximum Gasteiger partial charge on any atom is 0.326 e. The van der Waals surface area contributed by atoms with E-state index in [1.54, 1.807) is 30.1 Å². The number of aliphatic carboxylic acids is 1. The van der Waals surface area contributed by atoms with Crippen molar-refractivity contribution in [2.45, 2.75) is 12.5 Å². The third kappa shape index (κ3) is 3.14. The zero-order chi connectivity index (χ0) is 14.5. The Labute approximate surface area is 120 Å². The van der Waals surface area contributed by atoms with E-state index in [1.165, 1.54) is 0 Å². The molecule has 106 valence electrons. The van der Waals surface area contributed by atoms with Gasteiger partial charge in [-0.1, -0.05) is 12.1 Å². The maximum absolute atomic E-state index is 12.2. The van der Waals surface area contributed by atoms with Gasteiger partial charge in [0.1, 0.15) is 6.04 Å². The van der Waals surface area contributed by atoms with Gasteiger partial charge < -0.3 is 15.4 Å². The van der Waals surface area contributed by atoms with E-state index < -0.39 is 12.0 Å². The molecule has 0 aliphatic rings. The number of carbonyl (C=O) groups is 2. The summed E-state index contributed by atoms with van der Waals surface area (Å²) < 4.78 is 0. The minimum atomic E-state index is -1.01. The number of hydrogen-bond acceptors (Lipinski definition) is 3. The van der Waals surface area contributed by atoms with Crippen molar-refractivity contribution in [1.82, 2.24) is 10.3 Å². The van der Waals surface area contributed by atoms with Gasteiger partial charge in [0, 0.05) is 11.6 Å². The van der Waals surface area contributed by atoms with Gasteiger partial charge in [-0.2, -0.15) is 11.8 Å². The Hall–Kier alpha value is -1.95. The van der Waals surface area contributed by atoms with Gasteiger partial charge in [-0.05, 0) is 30.6 Å². The average molecular weight is 292 g/mol. The molecule has 3 N–H and O–H groups in total. The summed E-state index contributed by atoms with van der Waals surface area (Å²) in [7, 11) is 0. The van der Waals surface area contributed by atoms with Crippen LogP contribution in [0.25, 0.3) is 10.9 Å². The van der Waals surface area contributed by atoms with Gasteiger partial charge >= 0.3 is 5.97 Å². The van der Waals surface area contributed by atoms with Crippen LogP contribution in [0.1, 0.15) is 16.8 Å². The monoisotopic (exact) mass is 292 g/mol. The first-order chi connectivity index (χ1) is 9.63. The average Bonchev–Trinajstić information content (AvgIpc) is 2.90. The Kier molecular flexibility index (Phi) is 4.68. The number of para-hydroxylation sites is 1. The predicted molar refractivity (Wildman–Crippen MR) is 80.2 cm³/mol. The number of nitrogens with one attached hydrogen (secondary N) is 2. The van der Waals surface area contributed by atoms with Crippen molar-refractivity contribution in [3.05, 3.63) is 36.0 Å². The normalized spacial score (nSPS) is 12.2. The van der Waals surface area contributed by atoms with E-state index in [-0.39, 0.29) is 5.91 Å². The largest absolute Gasteiger partial charge is 0.480 e. The topological polar surface area (TPSA) is 82.2 Å². The maximum atomic E-state index is 12.2. The number of carboxylic acid groups (broad SMARTS) is 1. The van der Waals surface area contributed by atoms with Crippen LogP contribution >= 0.6 is 11.8 Å². The summed E-state index contributed by atoms with van der Waals surface area (Å²) >= 11 is 1.55. The van der Waals surface area contributed by atoms with Crippen LogP contribution in [0.5, 0.6) is 0 Å². The molecule has 5 nitrogen and oxygen atoms in total. The van der Waals surface area contributed by atoms with E-state index in [4.69, 9.17) is 5.11 Å². The molecule has 1 atom stereocenters. The van der Waals surface area contributed by atoms with Crippen LogP contribution in [-0.4, -0.2) is 40.0 Å². The van der Waals surface area contributed by atoms with Crippen molar-refractivity contribution in [1.29, 1.82) is 0 Å². The zero-order valence-corrected chi connectivity index (χ0v) is 11.9. The highest BCUT2D eigenvalue weighted by Gasteiger charge is 2.21. The summed E-state index contributed by atoms with van der Waals surface area (Å²) in [6.07, 6.45) is 4.06. The number of benzene rings is 1. The molecule has 2 aromatic rings. The molecular weight excluding hydrogens is 276 g/mol. The molecule has 0 radical (unpaired) electrons. The van der Waals surface area contributed by atoms with Crippen molar-refractivity contribution in [3.8, 4) is 0 Å². The first kappa shape index (κ1) is 14.5. The second kappa shape index (κ2) is 6.47. The van der Waals surface area contributed by atoms with Crippen LogP contribution < -0.4 is 5.32 Å². The van der Waals surface area contributed by atoms with Gasteiger partial charge in [0.15, 0.2) is 0 Å². The summed E-state index contributed by atoms with van der Waals surface area (Å²) in [5.74, 6) is -0.693. The van der Waals surface area contributed by atoms with Gasteiger partial charge in [0.25, 0.3) is 5.91 Å². The molecule has 0 aliphatic heterocycles. The highest BCUT2D eigenvalue weighted by molar-refractivity contribution is 7.98. The van der Waals surface area contributed by atoms with E-state index in [0.717, 1.165) is 10.9 Å². The van der Waals surface area contributed by atoms with Crippen LogP contribution in [0, 0.1) is 0 Å². The zero-order valence-electron chi connectivity index (χ0n) is 11.1. The molecule has 0 spiro atoms. The fourth-order valence-electron chi connectivity index (χ4n) is 2.00. The fraction of sp³-hybridized carbons (Fsp3) is 0.286. The van der Waals surface area contributed by atoms with Gasteiger partial charge in [-0.25, -0.2) is 4.79 Å².